The number of amides is 1. The van der Waals surface area contributed by atoms with Gasteiger partial charge in [-0.25, -0.2) is 8.42 Å². The third-order valence-electron chi connectivity index (χ3n) is 3.52. The van der Waals surface area contributed by atoms with E-state index in [1.165, 1.54) is 37.4 Å². The molecule has 2 aromatic carbocycles. The van der Waals surface area contributed by atoms with Crippen LogP contribution in [0.3, 0.4) is 0 Å². The molecule has 140 valence electrons. The lowest BCUT2D eigenvalue weighted by Crippen LogP contribution is -2.37. The van der Waals surface area contributed by atoms with Gasteiger partial charge < -0.3 is 10.1 Å². The van der Waals surface area contributed by atoms with Gasteiger partial charge in [0, 0.05) is 22.3 Å². The quantitative estimate of drug-likeness (QED) is 0.746. The van der Waals surface area contributed by atoms with Crippen molar-refractivity contribution in [1.29, 1.82) is 0 Å². The molecule has 0 aromatic heterocycles. The number of rotatable bonds is 7. The van der Waals surface area contributed by atoms with Gasteiger partial charge in [-0.3, -0.25) is 4.79 Å². The molecule has 0 atom stereocenters. The number of nitrogens with one attached hydrogen (secondary N) is 1. The number of benzene rings is 2. The zero-order chi connectivity index (χ0) is 19.3. The molecule has 0 heterocycles. The van der Waals surface area contributed by atoms with Crippen LogP contribution in [0.25, 0.3) is 0 Å². The van der Waals surface area contributed by atoms with Gasteiger partial charge in [0.05, 0.1) is 18.6 Å². The highest BCUT2D eigenvalue weighted by molar-refractivity contribution is 7.89. The second kappa shape index (κ2) is 8.73. The Kier molecular flexibility index (Phi) is 6.88. The molecular weight excluding hydrogens is 399 g/mol. The molecule has 1 N–H and O–H groups in total. The van der Waals surface area contributed by atoms with Crippen molar-refractivity contribution in [2.45, 2.75) is 11.8 Å². The molecule has 0 saturated heterocycles. The van der Waals surface area contributed by atoms with Crippen LogP contribution in [0, 0.1) is 0 Å². The second-order valence-electron chi connectivity index (χ2n) is 5.31. The molecule has 0 fully saturated rings. The molecule has 9 heteroatoms. The van der Waals surface area contributed by atoms with Crippen LogP contribution in [-0.4, -0.2) is 38.8 Å². The number of likely N-dealkylation sites (N-methyl/N-ethyl adjacent to an activating group) is 1. The minimum Gasteiger partial charge on any atom is -0.497 e. The summed E-state index contributed by atoms with van der Waals surface area (Å²) in [5, 5.41) is 3.33. The minimum absolute atomic E-state index is 0.0822. The first kappa shape index (κ1) is 20.5. The van der Waals surface area contributed by atoms with Gasteiger partial charge in [0.25, 0.3) is 0 Å². The lowest BCUT2D eigenvalue weighted by molar-refractivity contribution is -0.116. The van der Waals surface area contributed by atoms with Crippen molar-refractivity contribution in [2.24, 2.45) is 0 Å². The Balaban J connectivity index is 2.14. The van der Waals surface area contributed by atoms with Crippen molar-refractivity contribution < 1.29 is 17.9 Å². The minimum atomic E-state index is -3.81. The van der Waals surface area contributed by atoms with E-state index in [4.69, 9.17) is 27.9 Å². The molecule has 0 unspecified atom stereocenters. The monoisotopic (exact) mass is 416 g/mol. The lowest BCUT2D eigenvalue weighted by atomic mass is 10.3. The van der Waals surface area contributed by atoms with E-state index < -0.39 is 15.9 Å². The van der Waals surface area contributed by atoms with E-state index in [0.29, 0.717) is 21.5 Å². The van der Waals surface area contributed by atoms with Crippen LogP contribution in [0.4, 0.5) is 5.69 Å². The predicted molar refractivity (Wildman–Crippen MR) is 103 cm³/mol. The van der Waals surface area contributed by atoms with Gasteiger partial charge in [-0.1, -0.05) is 30.1 Å². The maximum atomic E-state index is 12.7. The molecule has 2 rings (SSSR count). The fourth-order valence-electron chi connectivity index (χ4n) is 2.25. The molecule has 26 heavy (non-hydrogen) atoms. The van der Waals surface area contributed by atoms with Crippen LogP contribution in [-0.2, 0) is 14.8 Å². The summed E-state index contributed by atoms with van der Waals surface area (Å²) in [6, 6.07) is 10.6. The summed E-state index contributed by atoms with van der Waals surface area (Å²) in [4.78, 5) is 12.3. The van der Waals surface area contributed by atoms with Crippen molar-refractivity contribution in [3.63, 3.8) is 0 Å². The summed E-state index contributed by atoms with van der Waals surface area (Å²) in [7, 11) is -2.32. The molecule has 0 radical (unpaired) electrons. The Bertz CT molecular complexity index is 866. The second-order valence-corrected chi connectivity index (χ2v) is 8.12. The Labute approximate surface area is 162 Å². The number of halogens is 2. The molecule has 0 aliphatic heterocycles. The van der Waals surface area contributed by atoms with E-state index in [1.54, 1.807) is 19.1 Å². The van der Waals surface area contributed by atoms with Crippen molar-refractivity contribution in [3.8, 4) is 5.75 Å². The summed E-state index contributed by atoms with van der Waals surface area (Å²) in [5.41, 5.74) is 0.394. The lowest BCUT2D eigenvalue weighted by Gasteiger charge is -2.20. The topological polar surface area (TPSA) is 75.7 Å². The van der Waals surface area contributed by atoms with Crippen molar-refractivity contribution in [3.05, 3.63) is 52.5 Å². The van der Waals surface area contributed by atoms with Crippen LogP contribution in [0.2, 0.25) is 10.0 Å². The van der Waals surface area contributed by atoms with Crippen LogP contribution in [0.15, 0.2) is 47.4 Å². The van der Waals surface area contributed by atoms with E-state index in [1.807, 2.05) is 0 Å². The van der Waals surface area contributed by atoms with E-state index >= 15 is 0 Å². The summed E-state index contributed by atoms with van der Waals surface area (Å²) in [6.45, 7) is 1.46. The van der Waals surface area contributed by atoms with Crippen molar-refractivity contribution in [1.82, 2.24) is 4.31 Å². The van der Waals surface area contributed by atoms with E-state index in [-0.39, 0.29) is 18.0 Å². The van der Waals surface area contributed by atoms with Crippen molar-refractivity contribution >= 4 is 44.8 Å². The number of ether oxygens (including phenoxy) is 1. The summed E-state index contributed by atoms with van der Waals surface area (Å²) >= 11 is 11.8. The van der Waals surface area contributed by atoms with Gasteiger partial charge in [-0.05, 0) is 42.5 Å². The normalized spacial score (nSPS) is 11.4. The van der Waals surface area contributed by atoms with E-state index in [9.17, 15) is 13.2 Å². The third-order valence-corrected chi connectivity index (χ3v) is 5.89. The Morgan fingerprint density at radius 1 is 1.12 bits per heavy atom. The summed E-state index contributed by atoms with van der Waals surface area (Å²) < 4.78 is 31.5. The highest BCUT2D eigenvalue weighted by Crippen LogP contribution is 2.23. The Morgan fingerprint density at radius 3 is 2.19 bits per heavy atom. The first-order chi connectivity index (χ1) is 12.3. The van der Waals surface area contributed by atoms with Gasteiger partial charge in [0.15, 0.2) is 0 Å². The summed E-state index contributed by atoms with van der Waals surface area (Å²) in [6.07, 6.45) is 0. The number of carbonyl (C=O) groups is 1. The molecule has 0 spiro atoms. The maximum absolute atomic E-state index is 12.7. The Morgan fingerprint density at radius 2 is 1.69 bits per heavy atom. The number of carbonyl (C=O) groups excluding carboxylic acids is 1. The SMILES string of the molecule is CCN(CC(=O)Nc1cc(Cl)cc(Cl)c1)S(=O)(=O)c1ccc(OC)cc1. The average molecular weight is 417 g/mol. The zero-order valence-corrected chi connectivity index (χ0v) is 16.5. The highest BCUT2D eigenvalue weighted by atomic mass is 35.5. The summed E-state index contributed by atoms with van der Waals surface area (Å²) in [5.74, 6) is 0.0462. The standard InChI is InChI=1S/C17H18Cl2N2O4S/c1-3-21(26(23,24)16-6-4-15(25-2)5-7-16)11-17(22)20-14-9-12(18)8-13(19)10-14/h4-10H,3,11H2,1-2H3,(H,20,22). The Hall–Kier alpha value is -1.80. The van der Waals surface area contributed by atoms with Crippen LogP contribution >= 0.6 is 23.2 Å². The third kappa shape index (κ3) is 5.11. The fourth-order valence-corrected chi connectivity index (χ4v) is 4.18. The smallest absolute Gasteiger partial charge is 0.243 e. The predicted octanol–water partition coefficient (Wildman–Crippen LogP) is 3.65. The van der Waals surface area contributed by atoms with Gasteiger partial charge in [-0.15, -0.1) is 0 Å². The molecule has 2 aromatic rings. The number of hydrogen-bond donors (Lipinski definition) is 1. The highest BCUT2D eigenvalue weighted by Gasteiger charge is 2.25. The molecule has 6 nitrogen and oxygen atoms in total. The first-order valence-corrected chi connectivity index (χ1v) is 9.86. The fraction of sp³-hybridized carbons (Fsp3) is 0.235. The maximum Gasteiger partial charge on any atom is 0.243 e. The van der Waals surface area contributed by atoms with Crippen molar-refractivity contribution in [2.75, 3.05) is 25.5 Å². The van der Waals surface area contributed by atoms with E-state index in [0.717, 1.165) is 4.31 Å². The van der Waals surface area contributed by atoms with E-state index in [2.05, 4.69) is 5.32 Å². The van der Waals surface area contributed by atoms with Gasteiger partial charge in [0.2, 0.25) is 15.9 Å². The number of sulfonamides is 1. The zero-order valence-electron chi connectivity index (χ0n) is 14.2. The molecule has 1 amide bonds. The van der Waals surface area contributed by atoms with Crippen LogP contribution < -0.4 is 10.1 Å². The van der Waals surface area contributed by atoms with Crippen LogP contribution in [0.1, 0.15) is 6.92 Å². The van der Waals surface area contributed by atoms with Gasteiger partial charge in [0.1, 0.15) is 5.75 Å². The molecule has 0 aliphatic rings. The number of hydrogen-bond acceptors (Lipinski definition) is 4. The molecule has 0 saturated carbocycles. The van der Waals surface area contributed by atoms with Crippen LogP contribution in [0.5, 0.6) is 5.75 Å². The largest absolute Gasteiger partial charge is 0.497 e. The number of nitrogens with zero attached hydrogens (tertiary/aromatic N) is 1. The molecule has 0 aliphatic carbocycles. The van der Waals surface area contributed by atoms with Gasteiger partial charge >= 0.3 is 0 Å². The number of methoxy groups -OCH3 is 1. The average Bonchev–Trinajstić information content (AvgIpc) is 2.58. The van der Waals surface area contributed by atoms with Gasteiger partial charge in [-0.2, -0.15) is 4.31 Å². The molecule has 0 bridgehead atoms. The first-order valence-electron chi connectivity index (χ1n) is 7.66. The molecular formula is C17H18Cl2N2O4S. The number of anilines is 1.